The second kappa shape index (κ2) is 5.34. The Balaban J connectivity index is 1.79. The number of nitrogens with zero attached hydrogens (tertiary/aromatic N) is 2. The lowest BCUT2D eigenvalue weighted by Gasteiger charge is -2.22. The molecular weight excluding hydrogens is 259 g/mol. The third-order valence-corrected chi connectivity index (χ3v) is 3.64. The summed E-state index contributed by atoms with van der Waals surface area (Å²) in [7, 11) is 0. The predicted octanol–water partition coefficient (Wildman–Crippen LogP) is 2.43. The molecule has 0 radical (unpaired) electrons. The number of likely N-dealkylation sites (tertiary alicyclic amines) is 1. The summed E-state index contributed by atoms with van der Waals surface area (Å²) in [6.45, 7) is 2.98. The van der Waals surface area contributed by atoms with Gasteiger partial charge in [-0.05, 0) is 31.0 Å². The fourth-order valence-electron chi connectivity index (χ4n) is 2.73. The van der Waals surface area contributed by atoms with Gasteiger partial charge in [0.2, 0.25) is 5.89 Å². The van der Waals surface area contributed by atoms with Gasteiger partial charge in [-0.2, -0.15) is 0 Å². The molecule has 1 fully saturated rings. The molecule has 1 aliphatic heterocycles. The van der Waals surface area contributed by atoms with E-state index < -0.39 is 0 Å². The normalized spacial score (nSPS) is 23.4. The molecule has 4 nitrogen and oxygen atoms in total. The number of halogens is 1. The number of aliphatic hydroxyl groups excluding tert-OH is 1. The van der Waals surface area contributed by atoms with Crippen LogP contribution in [0.1, 0.15) is 29.7 Å². The molecular formula is C15H17FN2O2. The fourth-order valence-corrected chi connectivity index (χ4v) is 2.73. The zero-order valence-corrected chi connectivity index (χ0v) is 11.3. The Hall–Kier alpha value is -1.72. The summed E-state index contributed by atoms with van der Waals surface area (Å²) in [5.41, 5.74) is 1.01. The summed E-state index contributed by atoms with van der Waals surface area (Å²) in [5, 5.41) is 9.90. The Morgan fingerprint density at radius 2 is 2.15 bits per heavy atom. The Labute approximate surface area is 116 Å². The second-order valence-corrected chi connectivity index (χ2v) is 5.25. The van der Waals surface area contributed by atoms with Crippen LogP contribution in [-0.2, 0) is 6.54 Å². The third-order valence-electron chi connectivity index (χ3n) is 3.64. The van der Waals surface area contributed by atoms with E-state index in [1.165, 1.54) is 12.1 Å². The van der Waals surface area contributed by atoms with Gasteiger partial charge in [-0.15, -0.1) is 0 Å². The summed E-state index contributed by atoms with van der Waals surface area (Å²) >= 11 is 0. The lowest BCUT2D eigenvalue weighted by Crippen LogP contribution is -2.24. The lowest BCUT2D eigenvalue weighted by atomic mass is 10.0. The number of hydrogen-bond acceptors (Lipinski definition) is 4. The van der Waals surface area contributed by atoms with E-state index >= 15 is 0 Å². The molecule has 1 aromatic carbocycles. The number of benzene rings is 1. The number of β-amino-alcohol motifs (C(OH)–C–C–N with tert-alkyl or cyclic N) is 1. The molecule has 20 heavy (non-hydrogen) atoms. The minimum absolute atomic E-state index is 0.0674. The maximum atomic E-state index is 13.0. The topological polar surface area (TPSA) is 49.5 Å². The Bertz CT molecular complexity index is 582. The molecule has 0 saturated carbocycles. The van der Waals surface area contributed by atoms with Gasteiger partial charge in [0.1, 0.15) is 11.6 Å². The standard InChI is InChI=1S/C15H17FN2O2/c1-10-7-17-15(20-10)9-18-8-13(19)6-14(18)11-2-4-12(16)5-3-11/h2-5,7,13-14,19H,6,8-9H2,1H3/t13-,14+/m0/s1. The van der Waals surface area contributed by atoms with Crippen molar-refractivity contribution in [1.82, 2.24) is 9.88 Å². The average Bonchev–Trinajstić information content (AvgIpc) is 2.97. The van der Waals surface area contributed by atoms with Gasteiger partial charge in [0.05, 0.1) is 18.8 Å². The molecule has 1 aliphatic rings. The number of aryl methyl sites for hydroxylation is 1. The van der Waals surface area contributed by atoms with Crippen LogP contribution in [0.3, 0.4) is 0 Å². The van der Waals surface area contributed by atoms with Gasteiger partial charge in [0.25, 0.3) is 0 Å². The smallest absolute Gasteiger partial charge is 0.208 e. The number of rotatable bonds is 3. The van der Waals surface area contributed by atoms with Crippen molar-refractivity contribution in [2.24, 2.45) is 0 Å². The first-order valence-corrected chi connectivity index (χ1v) is 6.70. The number of oxazole rings is 1. The highest BCUT2D eigenvalue weighted by molar-refractivity contribution is 5.21. The molecule has 1 N–H and O–H groups in total. The van der Waals surface area contributed by atoms with Crippen molar-refractivity contribution in [1.29, 1.82) is 0 Å². The molecule has 1 saturated heterocycles. The van der Waals surface area contributed by atoms with E-state index in [1.54, 1.807) is 18.3 Å². The zero-order chi connectivity index (χ0) is 14.1. The van der Waals surface area contributed by atoms with Crippen LogP contribution in [0.25, 0.3) is 0 Å². The Morgan fingerprint density at radius 3 is 2.80 bits per heavy atom. The lowest BCUT2D eigenvalue weighted by molar-refractivity contribution is 0.167. The van der Waals surface area contributed by atoms with E-state index in [9.17, 15) is 9.50 Å². The summed E-state index contributed by atoms with van der Waals surface area (Å²) < 4.78 is 18.5. The molecule has 0 aliphatic carbocycles. The van der Waals surface area contributed by atoms with E-state index in [-0.39, 0.29) is 18.0 Å². The maximum absolute atomic E-state index is 13.0. The van der Waals surface area contributed by atoms with Gasteiger partial charge in [-0.3, -0.25) is 4.90 Å². The molecule has 0 unspecified atom stereocenters. The van der Waals surface area contributed by atoms with Crippen LogP contribution >= 0.6 is 0 Å². The zero-order valence-electron chi connectivity index (χ0n) is 11.3. The molecule has 2 atom stereocenters. The summed E-state index contributed by atoms with van der Waals surface area (Å²) in [5.74, 6) is 1.17. The van der Waals surface area contributed by atoms with Gasteiger partial charge in [0, 0.05) is 12.6 Å². The highest BCUT2D eigenvalue weighted by Gasteiger charge is 2.32. The number of aliphatic hydroxyl groups is 1. The average molecular weight is 276 g/mol. The quantitative estimate of drug-likeness (QED) is 0.935. The van der Waals surface area contributed by atoms with E-state index in [1.807, 2.05) is 6.92 Å². The van der Waals surface area contributed by atoms with Crippen LogP contribution in [0.2, 0.25) is 0 Å². The van der Waals surface area contributed by atoms with E-state index in [2.05, 4.69) is 9.88 Å². The highest BCUT2D eigenvalue weighted by Crippen LogP contribution is 2.33. The number of aromatic nitrogens is 1. The minimum Gasteiger partial charge on any atom is -0.445 e. The molecule has 5 heteroatoms. The predicted molar refractivity (Wildman–Crippen MR) is 71.4 cm³/mol. The van der Waals surface area contributed by atoms with Crippen LogP contribution in [0.4, 0.5) is 4.39 Å². The van der Waals surface area contributed by atoms with Crippen LogP contribution in [0.5, 0.6) is 0 Å². The van der Waals surface area contributed by atoms with Gasteiger partial charge in [0.15, 0.2) is 0 Å². The molecule has 1 aromatic heterocycles. The molecule has 2 aromatic rings. The Morgan fingerprint density at radius 1 is 1.40 bits per heavy atom. The van der Waals surface area contributed by atoms with Crippen molar-refractivity contribution in [2.45, 2.75) is 32.0 Å². The minimum atomic E-state index is -0.374. The maximum Gasteiger partial charge on any atom is 0.208 e. The van der Waals surface area contributed by atoms with Crippen LogP contribution in [0.15, 0.2) is 34.9 Å². The third kappa shape index (κ3) is 2.73. The van der Waals surface area contributed by atoms with Crippen LogP contribution in [0, 0.1) is 12.7 Å². The van der Waals surface area contributed by atoms with Crippen molar-refractivity contribution in [3.05, 3.63) is 53.5 Å². The first kappa shape index (κ1) is 13.3. The first-order valence-electron chi connectivity index (χ1n) is 6.70. The second-order valence-electron chi connectivity index (χ2n) is 5.25. The van der Waals surface area contributed by atoms with Gasteiger partial charge >= 0.3 is 0 Å². The molecule has 106 valence electrons. The van der Waals surface area contributed by atoms with Crippen molar-refractivity contribution in [3.63, 3.8) is 0 Å². The summed E-state index contributed by atoms with van der Waals surface area (Å²) in [6.07, 6.45) is 1.96. The van der Waals surface area contributed by atoms with Crippen LogP contribution < -0.4 is 0 Å². The fraction of sp³-hybridized carbons (Fsp3) is 0.400. The van der Waals surface area contributed by atoms with Gasteiger partial charge in [-0.1, -0.05) is 12.1 Å². The van der Waals surface area contributed by atoms with E-state index in [4.69, 9.17) is 4.42 Å². The monoisotopic (exact) mass is 276 g/mol. The van der Waals surface area contributed by atoms with Crippen molar-refractivity contribution >= 4 is 0 Å². The molecule has 0 bridgehead atoms. The van der Waals surface area contributed by atoms with Crippen LogP contribution in [-0.4, -0.2) is 27.6 Å². The Kier molecular flexibility index (Phi) is 3.54. The first-order chi connectivity index (χ1) is 9.61. The summed E-state index contributed by atoms with van der Waals surface area (Å²) in [6, 6.07) is 6.51. The van der Waals surface area contributed by atoms with Gasteiger partial charge in [-0.25, -0.2) is 9.37 Å². The highest BCUT2D eigenvalue weighted by atomic mass is 19.1. The van der Waals surface area contributed by atoms with Crippen molar-refractivity contribution in [3.8, 4) is 0 Å². The van der Waals surface area contributed by atoms with Crippen molar-refractivity contribution in [2.75, 3.05) is 6.54 Å². The molecule has 2 heterocycles. The van der Waals surface area contributed by atoms with E-state index in [0.29, 0.717) is 25.4 Å². The molecule has 3 rings (SSSR count). The largest absolute Gasteiger partial charge is 0.445 e. The summed E-state index contributed by atoms with van der Waals surface area (Å²) in [4.78, 5) is 6.31. The SMILES string of the molecule is Cc1cnc(CN2C[C@@H](O)C[C@@H]2c2ccc(F)cc2)o1. The van der Waals surface area contributed by atoms with Crippen molar-refractivity contribution < 1.29 is 13.9 Å². The number of hydrogen-bond donors (Lipinski definition) is 1. The molecule has 0 spiro atoms. The van der Waals surface area contributed by atoms with E-state index in [0.717, 1.165) is 11.3 Å². The molecule has 0 amide bonds. The van der Waals surface area contributed by atoms with Gasteiger partial charge < -0.3 is 9.52 Å².